The zero-order valence-electron chi connectivity index (χ0n) is 13.5. The molecule has 4 rings (SSSR count). The summed E-state index contributed by atoms with van der Waals surface area (Å²) in [6.45, 7) is 0. The Bertz CT molecular complexity index is 997. The molecule has 1 aromatic heterocycles. The number of fused-ring (bicyclic) bond motifs is 1. The van der Waals surface area contributed by atoms with Crippen molar-refractivity contribution in [2.24, 2.45) is 0 Å². The Balaban J connectivity index is 1.71. The van der Waals surface area contributed by atoms with Gasteiger partial charge >= 0.3 is 0 Å². The molecule has 0 unspecified atom stereocenters. The summed E-state index contributed by atoms with van der Waals surface area (Å²) in [7, 11) is 0. The molecule has 0 aliphatic heterocycles. The number of aromatic nitrogens is 1. The number of nitrogens with zero attached hydrogens (tertiary/aromatic N) is 1. The molecule has 0 bridgehead atoms. The number of hydrogen-bond acceptors (Lipinski definition) is 2. The zero-order valence-corrected chi connectivity index (χ0v) is 15.1. The van der Waals surface area contributed by atoms with Crippen molar-refractivity contribution in [2.75, 3.05) is 0 Å². The molecule has 3 aromatic carbocycles. The van der Waals surface area contributed by atoms with Crippen LogP contribution in [0, 0.1) is 0 Å². The van der Waals surface area contributed by atoms with E-state index in [1.54, 1.807) is 11.8 Å². The lowest BCUT2D eigenvalue weighted by Gasteiger charge is -2.10. The van der Waals surface area contributed by atoms with Gasteiger partial charge in [0.25, 0.3) is 0 Å². The second-order valence-electron chi connectivity index (χ2n) is 5.81. The van der Waals surface area contributed by atoms with Gasteiger partial charge in [0.15, 0.2) is 0 Å². The Morgan fingerprint density at radius 1 is 0.800 bits per heavy atom. The maximum atomic E-state index is 5.96. The van der Waals surface area contributed by atoms with Crippen molar-refractivity contribution in [2.45, 2.75) is 10.8 Å². The third-order valence-electron chi connectivity index (χ3n) is 4.08. The molecule has 122 valence electrons. The van der Waals surface area contributed by atoms with Crippen LogP contribution < -0.4 is 0 Å². The van der Waals surface area contributed by atoms with Crippen LogP contribution in [0.25, 0.3) is 22.0 Å². The Kier molecular flexibility index (Phi) is 4.73. The standard InChI is InChI=1S/C22H16ClNS/c23-18-12-10-16(11-13-18)15-25-22-14-20(17-6-2-1-3-7-17)19-8-4-5-9-21(19)24-22/h1-14H,15H2. The first-order chi connectivity index (χ1) is 12.3. The molecule has 0 aliphatic carbocycles. The van der Waals surface area contributed by atoms with Crippen molar-refractivity contribution < 1.29 is 0 Å². The average Bonchev–Trinajstić information content (AvgIpc) is 2.67. The average molecular weight is 362 g/mol. The molecule has 0 amide bonds. The molecule has 3 heteroatoms. The molecule has 0 radical (unpaired) electrons. The fourth-order valence-corrected chi connectivity index (χ4v) is 3.82. The van der Waals surface area contributed by atoms with Crippen LogP contribution in [0.15, 0.2) is 90.0 Å². The molecule has 25 heavy (non-hydrogen) atoms. The summed E-state index contributed by atoms with van der Waals surface area (Å²) >= 11 is 7.71. The van der Waals surface area contributed by atoms with E-state index in [4.69, 9.17) is 16.6 Å². The number of benzene rings is 3. The fraction of sp³-hybridized carbons (Fsp3) is 0.0455. The topological polar surface area (TPSA) is 12.9 Å². The first kappa shape index (κ1) is 16.2. The van der Waals surface area contributed by atoms with Crippen LogP contribution in [0.2, 0.25) is 5.02 Å². The summed E-state index contributed by atoms with van der Waals surface area (Å²) in [5.74, 6) is 0.872. The van der Waals surface area contributed by atoms with Gasteiger partial charge in [0.1, 0.15) is 0 Å². The molecule has 0 saturated heterocycles. The van der Waals surface area contributed by atoms with E-state index in [0.717, 1.165) is 21.3 Å². The van der Waals surface area contributed by atoms with Crippen molar-refractivity contribution in [1.82, 2.24) is 4.98 Å². The van der Waals surface area contributed by atoms with E-state index < -0.39 is 0 Å². The Labute approximate surface area is 156 Å². The SMILES string of the molecule is Clc1ccc(CSc2cc(-c3ccccc3)c3ccccc3n2)cc1. The third kappa shape index (κ3) is 3.71. The molecule has 4 aromatic rings. The molecule has 1 nitrogen and oxygen atoms in total. The zero-order chi connectivity index (χ0) is 17.1. The van der Waals surface area contributed by atoms with Crippen LogP contribution in [0.5, 0.6) is 0 Å². The summed E-state index contributed by atoms with van der Waals surface area (Å²) in [6.07, 6.45) is 0. The van der Waals surface area contributed by atoms with E-state index in [2.05, 4.69) is 60.7 Å². The second-order valence-corrected chi connectivity index (χ2v) is 7.24. The highest BCUT2D eigenvalue weighted by atomic mass is 35.5. The summed E-state index contributed by atoms with van der Waals surface area (Å²) in [6, 6.07) is 29.0. The van der Waals surface area contributed by atoms with Crippen LogP contribution in [-0.4, -0.2) is 4.98 Å². The van der Waals surface area contributed by atoms with E-state index in [0.29, 0.717) is 0 Å². The van der Waals surface area contributed by atoms with Crippen LogP contribution in [-0.2, 0) is 5.75 Å². The number of pyridine rings is 1. The summed E-state index contributed by atoms with van der Waals surface area (Å²) in [5, 5.41) is 2.99. The van der Waals surface area contributed by atoms with E-state index in [1.165, 1.54) is 22.1 Å². The van der Waals surface area contributed by atoms with Gasteiger partial charge in [0.05, 0.1) is 10.5 Å². The van der Waals surface area contributed by atoms with Crippen LogP contribution in [0.1, 0.15) is 5.56 Å². The highest BCUT2D eigenvalue weighted by Crippen LogP contribution is 2.32. The lowest BCUT2D eigenvalue weighted by atomic mass is 10.0. The Hall–Kier alpha value is -2.29. The van der Waals surface area contributed by atoms with Crippen molar-refractivity contribution in [3.05, 3.63) is 95.5 Å². The molecule has 0 fully saturated rings. The Morgan fingerprint density at radius 2 is 1.52 bits per heavy atom. The van der Waals surface area contributed by atoms with Crippen molar-refractivity contribution in [3.63, 3.8) is 0 Å². The maximum absolute atomic E-state index is 5.96. The van der Waals surface area contributed by atoms with Crippen LogP contribution in [0.4, 0.5) is 0 Å². The van der Waals surface area contributed by atoms with Crippen molar-refractivity contribution >= 4 is 34.3 Å². The third-order valence-corrected chi connectivity index (χ3v) is 5.31. The minimum absolute atomic E-state index is 0.768. The molecule has 0 aliphatic rings. The Morgan fingerprint density at radius 3 is 2.32 bits per heavy atom. The highest BCUT2D eigenvalue weighted by molar-refractivity contribution is 7.98. The van der Waals surface area contributed by atoms with Crippen LogP contribution >= 0.6 is 23.4 Å². The van der Waals surface area contributed by atoms with Crippen molar-refractivity contribution in [1.29, 1.82) is 0 Å². The van der Waals surface area contributed by atoms with Gasteiger partial charge < -0.3 is 0 Å². The normalized spacial score (nSPS) is 10.9. The van der Waals surface area contributed by atoms with E-state index in [-0.39, 0.29) is 0 Å². The maximum Gasteiger partial charge on any atom is 0.0977 e. The first-order valence-electron chi connectivity index (χ1n) is 8.12. The molecular weight excluding hydrogens is 346 g/mol. The van der Waals surface area contributed by atoms with Crippen LogP contribution in [0.3, 0.4) is 0 Å². The monoisotopic (exact) mass is 361 g/mol. The van der Waals surface area contributed by atoms with Gasteiger partial charge in [-0.25, -0.2) is 4.98 Å². The van der Waals surface area contributed by atoms with Gasteiger partial charge in [-0.3, -0.25) is 0 Å². The van der Waals surface area contributed by atoms with Gasteiger partial charge in [-0.2, -0.15) is 0 Å². The molecule has 1 heterocycles. The number of hydrogen-bond donors (Lipinski definition) is 0. The minimum atomic E-state index is 0.768. The lowest BCUT2D eigenvalue weighted by molar-refractivity contribution is 1.18. The predicted molar refractivity (Wildman–Crippen MR) is 108 cm³/mol. The summed E-state index contributed by atoms with van der Waals surface area (Å²) in [4.78, 5) is 4.83. The van der Waals surface area contributed by atoms with Gasteiger partial charge in [-0.15, -0.1) is 11.8 Å². The van der Waals surface area contributed by atoms with Gasteiger partial charge in [0, 0.05) is 16.2 Å². The predicted octanol–water partition coefficient (Wildman–Crippen LogP) is 6.85. The molecule has 0 atom stereocenters. The number of halogens is 1. The van der Waals surface area contributed by atoms with Gasteiger partial charge in [0.2, 0.25) is 0 Å². The van der Waals surface area contributed by atoms with Crippen molar-refractivity contribution in [3.8, 4) is 11.1 Å². The fourth-order valence-electron chi connectivity index (χ4n) is 2.82. The minimum Gasteiger partial charge on any atom is -0.241 e. The highest BCUT2D eigenvalue weighted by Gasteiger charge is 2.08. The van der Waals surface area contributed by atoms with E-state index >= 15 is 0 Å². The summed E-state index contributed by atoms with van der Waals surface area (Å²) in [5.41, 5.74) is 4.72. The van der Waals surface area contributed by atoms with Gasteiger partial charge in [-0.05, 0) is 41.0 Å². The number of rotatable bonds is 4. The molecule has 0 saturated carbocycles. The second kappa shape index (κ2) is 7.30. The smallest absolute Gasteiger partial charge is 0.0977 e. The molecule has 0 N–H and O–H groups in total. The largest absolute Gasteiger partial charge is 0.241 e. The molecular formula is C22H16ClNS. The number of para-hydroxylation sites is 1. The van der Waals surface area contributed by atoms with E-state index in [9.17, 15) is 0 Å². The number of thioether (sulfide) groups is 1. The summed E-state index contributed by atoms with van der Waals surface area (Å²) < 4.78 is 0. The quantitative estimate of drug-likeness (QED) is 0.369. The molecule has 0 spiro atoms. The lowest BCUT2D eigenvalue weighted by Crippen LogP contribution is -1.89. The van der Waals surface area contributed by atoms with E-state index in [1.807, 2.05) is 24.3 Å². The van der Waals surface area contributed by atoms with Gasteiger partial charge in [-0.1, -0.05) is 72.3 Å². The first-order valence-corrected chi connectivity index (χ1v) is 9.48.